The van der Waals surface area contributed by atoms with Crippen LogP contribution in [0.3, 0.4) is 0 Å². The van der Waals surface area contributed by atoms with E-state index in [0.717, 1.165) is 30.9 Å². The number of benzene rings is 1. The molecule has 1 saturated heterocycles. The van der Waals surface area contributed by atoms with Crippen molar-refractivity contribution in [3.63, 3.8) is 0 Å². The van der Waals surface area contributed by atoms with Crippen LogP contribution in [0.4, 0.5) is 0 Å². The zero-order valence-electron chi connectivity index (χ0n) is 16.3. The molecule has 148 valence electrons. The Bertz CT molecular complexity index is 842. The fourth-order valence-electron chi connectivity index (χ4n) is 3.61. The number of likely N-dealkylation sites (tertiary alicyclic amines) is 1. The van der Waals surface area contributed by atoms with Crippen LogP contribution in [0.1, 0.15) is 36.8 Å². The molecule has 0 saturated carbocycles. The molecule has 0 unspecified atom stereocenters. The SMILES string of the molecule is CCN(CC)CCCN1C(=O)C(=O)C(=C(O)c2ccccc2)[C@H]1c1cccs1. The number of thiophene rings is 1. The first-order valence-electron chi connectivity index (χ1n) is 9.68. The van der Waals surface area contributed by atoms with E-state index in [-0.39, 0.29) is 11.3 Å². The summed E-state index contributed by atoms with van der Waals surface area (Å²) in [5, 5.41) is 12.8. The summed E-state index contributed by atoms with van der Waals surface area (Å²) in [6.07, 6.45) is 0.780. The van der Waals surface area contributed by atoms with Gasteiger partial charge in [-0.1, -0.05) is 50.2 Å². The van der Waals surface area contributed by atoms with Crippen molar-refractivity contribution in [2.45, 2.75) is 26.3 Å². The molecule has 1 aromatic heterocycles. The lowest BCUT2D eigenvalue weighted by Gasteiger charge is -2.25. The molecule has 0 radical (unpaired) electrons. The Labute approximate surface area is 169 Å². The Morgan fingerprint density at radius 2 is 1.82 bits per heavy atom. The average molecular weight is 399 g/mol. The number of Topliss-reactive ketones (excluding diaryl/α,β-unsaturated/α-hetero) is 1. The summed E-state index contributed by atoms with van der Waals surface area (Å²) >= 11 is 1.49. The molecule has 6 heteroatoms. The molecular weight excluding hydrogens is 372 g/mol. The smallest absolute Gasteiger partial charge is 0.295 e. The van der Waals surface area contributed by atoms with Gasteiger partial charge in [0, 0.05) is 17.0 Å². The second-order valence-electron chi connectivity index (χ2n) is 6.75. The van der Waals surface area contributed by atoms with Gasteiger partial charge < -0.3 is 14.9 Å². The van der Waals surface area contributed by atoms with Crippen LogP contribution in [0, 0.1) is 0 Å². The van der Waals surface area contributed by atoms with E-state index in [4.69, 9.17) is 0 Å². The van der Waals surface area contributed by atoms with Crippen molar-refractivity contribution in [1.82, 2.24) is 9.80 Å². The van der Waals surface area contributed by atoms with Crippen molar-refractivity contribution in [2.24, 2.45) is 0 Å². The molecule has 1 amide bonds. The number of aliphatic hydroxyl groups excluding tert-OH is 1. The lowest BCUT2D eigenvalue weighted by molar-refractivity contribution is -0.139. The first-order chi connectivity index (χ1) is 13.6. The Hall–Kier alpha value is -2.44. The van der Waals surface area contributed by atoms with Gasteiger partial charge in [-0.25, -0.2) is 0 Å². The van der Waals surface area contributed by atoms with Gasteiger partial charge in [-0.05, 0) is 37.5 Å². The maximum absolute atomic E-state index is 12.8. The number of hydrogen-bond donors (Lipinski definition) is 1. The summed E-state index contributed by atoms with van der Waals surface area (Å²) in [5.41, 5.74) is 0.728. The second kappa shape index (κ2) is 9.17. The zero-order valence-corrected chi connectivity index (χ0v) is 17.1. The van der Waals surface area contributed by atoms with E-state index < -0.39 is 17.7 Å². The third-order valence-corrected chi connectivity index (χ3v) is 6.09. The number of carbonyl (C=O) groups excluding carboxylic acids is 2. The highest BCUT2D eigenvalue weighted by molar-refractivity contribution is 7.10. The van der Waals surface area contributed by atoms with E-state index in [1.165, 1.54) is 11.3 Å². The quantitative estimate of drug-likeness (QED) is 0.416. The second-order valence-corrected chi connectivity index (χ2v) is 7.73. The number of carbonyl (C=O) groups is 2. The minimum absolute atomic E-state index is 0.108. The van der Waals surface area contributed by atoms with Crippen LogP contribution in [0.2, 0.25) is 0 Å². The number of ketones is 1. The number of aliphatic hydroxyl groups is 1. The molecule has 1 aliphatic heterocycles. The summed E-state index contributed by atoms with van der Waals surface area (Å²) in [6, 6.07) is 12.2. The zero-order chi connectivity index (χ0) is 20.1. The number of hydrogen-bond acceptors (Lipinski definition) is 5. The van der Waals surface area contributed by atoms with Gasteiger partial charge in [0.05, 0.1) is 11.6 Å². The van der Waals surface area contributed by atoms with Gasteiger partial charge >= 0.3 is 0 Å². The highest BCUT2D eigenvalue weighted by Gasteiger charge is 2.46. The summed E-state index contributed by atoms with van der Waals surface area (Å²) in [6.45, 7) is 7.48. The van der Waals surface area contributed by atoms with Gasteiger partial charge in [-0.2, -0.15) is 0 Å². The number of amides is 1. The summed E-state index contributed by atoms with van der Waals surface area (Å²) < 4.78 is 0. The van der Waals surface area contributed by atoms with Gasteiger partial charge in [0.15, 0.2) is 0 Å². The minimum atomic E-state index is -0.609. The highest BCUT2D eigenvalue weighted by atomic mass is 32.1. The van der Waals surface area contributed by atoms with E-state index >= 15 is 0 Å². The molecule has 3 rings (SSSR count). The van der Waals surface area contributed by atoms with Crippen molar-refractivity contribution >= 4 is 28.8 Å². The maximum Gasteiger partial charge on any atom is 0.295 e. The van der Waals surface area contributed by atoms with Crippen molar-refractivity contribution in [1.29, 1.82) is 0 Å². The lowest BCUT2D eigenvalue weighted by Crippen LogP contribution is -2.33. The molecular formula is C22H26N2O3S. The molecule has 0 spiro atoms. The first kappa shape index (κ1) is 20.3. The van der Waals surface area contributed by atoms with Crippen LogP contribution in [0.25, 0.3) is 5.76 Å². The molecule has 1 aliphatic rings. The fraction of sp³-hybridized carbons (Fsp3) is 0.364. The van der Waals surface area contributed by atoms with Crippen LogP contribution in [0.15, 0.2) is 53.4 Å². The van der Waals surface area contributed by atoms with Crippen LogP contribution in [-0.4, -0.2) is 52.8 Å². The molecule has 1 aromatic carbocycles. The minimum Gasteiger partial charge on any atom is -0.507 e. The molecule has 0 bridgehead atoms. The van der Waals surface area contributed by atoms with Gasteiger partial charge in [-0.15, -0.1) is 11.3 Å². The third kappa shape index (κ3) is 4.03. The first-order valence-corrected chi connectivity index (χ1v) is 10.6. The van der Waals surface area contributed by atoms with E-state index in [0.29, 0.717) is 12.1 Å². The third-order valence-electron chi connectivity index (χ3n) is 5.17. The molecule has 28 heavy (non-hydrogen) atoms. The van der Waals surface area contributed by atoms with Gasteiger partial charge in [-0.3, -0.25) is 9.59 Å². The largest absolute Gasteiger partial charge is 0.507 e. The molecule has 0 aliphatic carbocycles. The van der Waals surface area contributed by atoms with Crippen molar-refractivity contribution < 1.29 is 14.7 Å². The van der Waals surface area contributed by atoms with E-state index in [2.05, 4.69) is 18.7 Å². The Balaban J connectivity index is 1.94. The van der Waals surface area contributed by atoms with Gasteiger partial charge in [0.25, 0.3) is 11.7 Å². The van der Waals surface area contributed by atoms with Crippen molar-refractivity contribution in [3.05, 3.63) is 63.9 Å². The van der Waals surface area contributed by atoms with Crippen molar-refractivity contribution in [2.75, 3.05) is 26.2 Å². The Kier molecular flexibility index (Phi) is 6.65. The predicted molar refractivity (Wildman–Crippen MR) is 112 cm³/mol. The van der Waals surface area contributed by atoms with Crippen LogP contribution >= 0.6 is 11.3 Å². The lowest BCUT2D eigenvalue weighted by atomic mass is 10.00. The summed E-state index contributed by atoms with van der Waals surface area (Å²) in [7, 11) is 0. The van der Waals surface area contributed by atoms with Crippen LogP contribution in [-0.2, 0) is 9.59 Å². The number of nitrogens with zero attached hydrogens (tertiary/aromatic N) is 2. The van der Waals surface area contributed by atoms with Crippen molar-refractivity contribution in [3.8, 4) is 0 Å². The summed E-state index contributed by atoms with van der Waals surface area (Å²) in [4.78, 5) is 30.4. The normalized spacial score (nSPS) is 19.0. The van der Waals surface area contributed by atoms with Gasteiger partial charge in [0.2, 0.25) is 0 Å². The fourth-order valence-corrected chi connectivity index (χ4v) is 4.45. The molecule has 2 aromatic rings. The standard InChI is InChI=1S/C22H26N2O3S/c1-3-23(4-2)13-9-14-24-19(17-12-8-15-28-17)18(21(26)22(24)27)20(25)16-10-6-5-7-11-16/h5-8,10-12,15,19,25H,3-4,9,13-14H2,1-2H3/t19-/m1/s1. The highest BCUT2D eigenvalue weighted by Crippen LogP contribution is 2.41. The van der Waals surface area contributed by atoms with E-state index in [1.54, 1.807) is 29.2 Å². The van der Waals surface area contributed by atoms with Crippen LogP contribution < -0.4 is 0 Å². The average Bonchev–Trinajstić information content (AvgIpc) is 3.33. The maximum atomic E-state index is 12.8. The Morgan fingerprint density at radius 3 is 2.43 bits per heavy atom. The van der Waals surface area contributed by atoms with Gasteiger partial charge in [0.1, 0.15) is 5.76 Å². The molecule has 2 heterocycles. The van der Waals surface area contributed by atoms with E-state index in [1.807, 2.05) is 23.6 Å². The monoisotopic (exact) mass is 398 g/mol. The van der Waals surface area contributed by atoms with E-state index in [9.17, 15) is 14.7 Å². The molecule has 1 fully saturated rings. The van der Waals surface area contributed by atoms with Crippen LogP contribution in [0.5, 0.6) is 0 Å². The molecule has 1 atom stereocenters. The Morgan fingerprint density at radius 1 is 1.11 bits per heavy atom. The topological polar surface area (TPSA) is 60.9 Å². The number of rotatable bonds is 8. The summed E-state index contributed by atoms with van der Waals surface area (Å²) in [5.74, 6) is -1.25. The molecule has 1 N–H and O–H groups in total. The molecule has 5 nitrogen and oxygen atoms in total. The predicted octanol–water partition coefficient (Wildman–Crippen LogP) is 3.90.